The van der Waals surface area contributed by atoms with E-state index in [4.69, 9.17) is 0 Å². The van der Waals surface area contributed by atoms with Crippen LogP contribution in [0.4, 0.5) is 13.2 Å². The number of hydrogen-bond donors (Lipinski definition) is 1. The Kier molecular flexibility index (Phi) is 4.90. The number of aromatic nitrogens is 2. The third-order valence-electron chi connectivity index (χ3n) is 3.17. The lowest BCUT2D eigenvalue weighted by Crippen LogP contribution is -2.26. The largest absolute Gasteiger partial charge is 0.416 e. The Bertz CT molecular complexity index is 570. The number of likely N-dealkylation sites (N-methyl/N-ethyl adjacent to an activating group) is 1. The maximum Gasteiger partial charge on any atom is 0.416 e. The van der Waals surface area contributed by atoms with Crippen LogP contribution in [0.1, 0.15) is 29.7 Å². The van der Waals surface area contributed by atoms with Gasteiger partial charge in [-0.05, 0) is 42.3 Å². The molecule has 6 heteroatoms. The molecule has 3 nitrogen and oxygen atoms in total. The van der Waals surface area contributed by atoms with Crippen LogP contribution in [0.15, 0.2) is 43.0 Å². The molecule has 0 radical (unpaired) electrons. The lowest BCUT2D eigenvalue weighted by atomic mass is 9.96. The predicted molar refractivity (Wildman–Crippen MR) is 73.6 cm³/mol. The third-order valence-corrected chi connectivity index (χ3v) is 3.17. The van der Waals surface area contributed by atoms with E-state index in [2.05, 4.69) is 15.3 Å². The predicted octanol–water partition coefficient (Wildman–Crippen LogP) is 3.39. The molecule has 112 valence electrons. The number of nitrogens with one attached hydrogen (secondary N) is 1. The summed E-state index contributed by atoms with van der Waals surface area (Å²) in [4.78, 5) is 7.77. The average molecular weight is 295 g/mol. The van der Waals surface area contributed by atoms with Crippen molar-refractivity contribution in [3.8, 4) is 0 Å². The van der Waals surface area contributed by atoms with E-state index in [9.17, 15) is 13.2 Å². The lowest BCUT2D eigenvalue weighted by molar-refractivity contribution is -0.138. The van der Waals surface area contributed by atoms with Gasteiger partial charge in [0.2, 0.25) is 0 Å². The first kappa shape index (κ1) is 15.4. The van der Waals surface area contributed by atoms with Crippen molar-refractivity contribution in [2.75, 3.05) is 6.54 Å². The van der Waals surface area contributed by atoms with E-state index < -0.39 is 17.8 Å². The molecule has 1 atom stereocenters. The molecule has 0 aliphatic heterocycles. The second-order valence-corrected chi connectivity index (χ2v) is 4.63. The number of rotatable bonds is 5. The molecule has 0 saturated carbocycles. The summed E-state index contributed by atoms with van der Waals surface area (Å²) in [6.07, 6.45) is 1.78. The highest BCUT2D eigenvalue weighted by molar-refractivity contribution is 5.31. The standard InChI is InChI=1S/C15H16F3N3/c1-2-21-14(9-11-3-6-19-7-4-11)12-10-20-8-5-13(12)15(16,17)18/h3-8,10,14,21H,2,9H2,1H3. The smallest absolute Gasteiger partial charge is 0.310 e. The second-order valence-electron chi connectivity index (χ2n) is 4.63. The lowest BCUT2D eigenvalue weighted by Gasteiger charge is -2.22. The van der Waals surface area contributed by atoms with Crippen LogP contribution in [0.25, 0.3) is 0 Å². The van der Waals surface area contributed by atoms with Gasteiger partial charge in [0.15, 0.2) is 0 Å². The molecule has 0 aromatic carbocycles. The van der Waals surface area contributed by atoms with Crippen molar-refractivity contribution in [2.24, 2.45) is 0 Å². The van der Waals surface area contributed by atoms with E-state index in [1.807, 2.05) is 6.92 Å². The molecule has 0 bridgehead atoms. The minimum absolute atomic E-state index is 0.170. The molecule has 0 fully saturated rings. The number of pyridine rings is 2. The van der Waals surface area contributed by atoms with Gasteiger partial charge in [-0.15, -0.1) is 0 Å². The molecule has 1 unspecified atom stereocenters. The van der Waals surface area contributed by atoms with E-state index >= 15 is 0 Å². The molecule has 0 aliphatic carbocycles. The minimum Gasteiger partial charge on any atom is -0.310 e. The van der Waals surface area contributed by atoms with Gasteiger partial charge in [-0.1, -0.05) is 6.92 Å². The van der Waals surface area contributed by atoms with Gasteiger partial charge in [0, 0.05) is 30.8 Å². The minimum atomic E-state index is -4.38. The van der Waals surface area contributed by atoms with E-state index in [-0.39, 0.29) is 5.56 Å². The molecule has 0 amide bonds. The van der Waals surface area contributed by atoms with Crippen LogP contribution >= 0.6 is 0 Å². The van der Waals surface area contributed by atoms with Crippen molar-refractivity contribution in [1.82, 2.24) is 15.3 Å². The summed E-state index contributed by atoms with van der Waals surface area (Å²) < 4.78 is 39.4. The molecular weight excluding hydrogens is 279 g/mol. The fraction of sp³-hybridized carbons (Fsp3) is 0.333. The van der Waals surface area contributed by atoms with E-state index in [0.717, 1.165) is 11.6 Å². The summed E-state index contributed by atoms with van der Waals surface area (Å²) in [6.45, 7) is 2.44. The van der Waals surface area contributed by atoms with Crippen molar-refractivity contribution in [1.29, 1.82) is 0 Å². The Morgan fingerprint density at radius 3 is 2.38 bits per heavy atom. The van der Waals surface area contributed by atoms with Gasteiger partial charge in [-0.2, -0.15) is 13.2 Å². The molecule has 0 aliphatic rings. The SMILES string of the molecule is CCNC(Cc1ccncc1)c1cnccc1C(F)(F)F. The maximum absolute atomic E-state index is 13.1. The first-order valence-electron chi connectivity index (χ1n) is 6.65. The Morgan fingerprint density at radius 2 is 1.76 bits per heavy atom. The van der Waals surface area contributed by atoms with Crippen LogP contribution in [0.5, 0.6) is 0 Å². The highest BCUT2D eigenvalue weighted by Crippen LogP contribution is 2.34. The number of halogens is 3. The van der Waals surface area contributed by atoms with Crippen molar-refractivity contribution in [2.45, 2.75) is 25.6 Å². The highest BCUT2D eigenvalue weighted by atomic mass is 19.4. The van der Waals surface area contributed by atoms with Crippen molar-refractivity contribution in [3.05, 3.63) is 59.7 Å². The van der Waals surface area contributed by atoms with Crippen LogP contribution < -0.4 is 5.32 Å². The summed E-state index contributed by atoms with van der Waals surface area (Å²) in [5, 5.41) is 3.10. The van der Waals surface area contributed by atoms with Gasteiger partial charge in [0.25, 0.3) is 0 Å². The highest BCUT2D eigenvalue weighted by Gasteiger charge is 2.35. The molecule has 2 aromatic rings. The molecule has 2 heterocycles. The van der Waals surface area contributed by atoms with Crippen LogP contribution in [0.2, 0.25) is 0 Å². The molecule has 0 spiro atoms. The van der Waals surface area contributed by atoms with E-state index in [1.165, 1.54) is 12.4 Å². The topological polar surface area (TPSA) is 37.8 Å². The van der Waals surface area contributed by atoms with Gasteiger partial charge < -0.3 is 5.32 Å². The zero-order valence-electron chi connectivity index (χ0n) is 11.6. The monoisotopic (exact) mass is 295 g/mol. The number of alkyl halides is 3. The number of hydrogen-bond acceptors (Lipinski definition) is 3. The molecule has 2 rings (SSSR count). The quantitative estimate of drug-likeness (QED) is 0.919. The fourth-order valence-corrected chi connectivity index (χ4v) is 2.24. The van der Waals surface area contributed by atoms with Crippen molar-refractivity contribution >= 4 is 0 Å². The summed E-state index contributed by atoms with van der Waals surface area (Å²) >= 11 is 0. The average Bonchev–Trinajstić information content (AvgIpc) is 2.47. The normalized spacial score (nSPS) is 13.1. The Balaban J connectivity index is 2.35. The molecule has 1 N–H and O–H groups in total. The summed E-state index contributed by atoms with van der Waals surface area (Å²) in [5.41, 5.74) is 0.453. The van der Waals surface area contributed by atoms with Gasteiger partial charge in [-0.3, -0.25) is 9.97 Å². The molecule has 21 heavy (non-hydrogen) atoms. The summed E-state index contributed by atoms with van der Waals surface area (Å²) in [6, 6.07) is 4.18. The first-order valence-corrected chi connectivity index (χ1v) is 6.65. The zero-order chi connectivity index (χ0) is 15.3. The van der Waals surface area contributed by atoms with Crippen LogP contribution in [-0.4, -0.2) is 16.5 Å². The second kappa shape index (κ2) is 6.67. The fourth-order valence-electron chi connectivity index (χ4n) is 2.24. The summed E-state index contributed by atoms with van der Waals surface area (Å²) in [5.74, 6) is 0. The molecular formula is C15H16F3N3. The van der Waals surface area contributed by atoms with Crippen LogP contribution in [0.3, 0.4) is 0 Å². The third kappa shape index (κ3) is 4.01. The van der Waals surface area contributed by atoms with E-state index in [1.54, 1.807) is 24.5 Å². The van der Waals surface area contributed by atoms with Gasteiger partial charge >= 0.3 is 6.18 Å². The molecule has 2 aromatic heterocycles. The Hall–Kier alpha value is -1.95. The van der Waals surface area contributed by atoms with Gasteiger partial charge in [0.1, 0.15) is 0 Å². The molecule has 0 saturated heterocycles. The van der Waals surface area contributed by atoms with Crippen molar-refractivity contribution in [3.63, 3.8) is 0 Å². The van der Waals surface area contributed by atoms with Crippen LogP contribution in [-0.2, 0) is 12.6 Å². The van der Waals surface area contributed by atoms with E-state index in [0.29, 0.717) is 13.0 Å². The first-order chi connectivity index (χ1) is 10.0. The van der Waals surface area contributed by atoms with Crippen molar-refractivity contribution < 1.29 is 13.2 Å². The van der Waals surface area contributed by atoms with Gasteiger partial charge in [-0.25, -0.2) is 0 Å². The zero-order valence-corrected chi connectivity index (χ0v) is 11.6. The maximum atomic E-state index is 13.1. The van der Waals surface area contributed by atoms with Crippen LogP contribution in [0, 0.1) is 0 Å². The number of nitrogens with zero attached hydrogens (tertiary/aromatic N) is 2. The van der Waals surface area contributed by atoms with Gasteiger partial charge in [0.05, 0.1) is 5.56 Å². The Labute approximate surface area is 121 Å². The summed E-state index contributed by atoms with van der Waals surface area (Å²) in [7, 11) is 0. The Morgan fingerprint density at radius 1 is 1.10 bits per heavy atom.